The van der Waals surface area contributed by atoms with Crippen LogP contribution in [0.4, 0.5) is 5.82 Å². The number of esters is 1. The quantitative estimate of drug-likeness (QED) is 0.628. The molecule has 2 aromatic rings. The van der Waals surface area contributed by atoms with Gasteiger partial charge in [-0.2, -0.15) is 4.31 Å². The lowest BCUT2D eigenvalue weighted by atomic mass is 9.98. The van der Waals surface area contributed by atoms with Crippen LogP contribution in [0, 0.1) is 5.92 Å². The first kappa shape index (κ1) is 23.5. The van der Waals surface area contributed by atoms with Gasteiger partial charge in [0.2, 0.25) is 10.0 Å². The summed E-state index contributed by atoms with van der Waals surface area (Å²) >= 11 is 11.8. The van der Waals surface area contributed by atoms with Gasteiger partial charge in [0.25, 0.3) is 5.91 Å². The molecule has 0 saturated carbocycles. The number of nitrogens with one attached hydrogen (secondary N) is 1. The Balaban J connectivity index is 1.53. The summed E-state index contributed by atoms with van der Waals surface area (Å²) in [4.78, 5) is 28.9. The van der Waals surface area contributed by atoms with E-state index in [9.17, 15) is 18.0 Å². The van der Waals surface area contributed by atoms with Crippen LogP contribution in [-0.2, 0) is 24.3 Å². The van der Waals surface area contributed by atoms with Crippen molar-refractivity contribution < 1.29 is 22.7 Å². The molecule has 0 spiro atoms. The normalized spacial score (nSPS) is 16.5. The smallest absolute Gasteiger partial charge is 0.309 e. The van der Waals surface area contributed by atoms with Crippen molar-refractivity contribution in [3.05, 3.63) is 52.6 Å². The highest BCUT2D eigenvalue weighted by Gasteiger charge is 2.34. The van der Waals surface area contributed by atoms with Crippen LogP contribution in [0.25, 0.3) is 0 Å². The molecule has 1 amide bonds. The molecule has 1 atom stereocenters. The van der Waals surface area contributed by atoms with E-state index in [1.807, 2.05) is 0 Å². The largest absolute Gasteiger partial charge is 0.452 e. The SMILES string of the molecule is C[C@H](OC(=O)C1CCN(S(=O)(=O)c2ccccc2)CC1)C(=O)Nc1ncc(Cl)cc1Cl. The van der Waals surface area contributed by atoms with Crippen LogP contribution in [0.15, 0.2) is 47.5 Å². The highest BCUT2D eigenvalue weighted by molar-refractivity contribution is 7.89. The highest BCUT2D eigenvalue weighted by atomic mass is 35.5. The minimum absolute atomic E-state index is 0.110. The number of benzene rings is 1. The van der Waals surface area contributed by atoms with Gasteiger partial charge in [0.1, 0.15) is 0 Å². The number of hydrogen-bond acceptors (Lipinski definition) is 6. The molecule has 2 heterocycles. The zero-order chi connectivity index (χ0) is 22.6. The van der Waals surface area contributed by atoms with Crippen molar-refractivity contribution in [1.29, 1.82) is 0 Å². The summed E-state index contributed by atoms with van der Waals surface area (Å²) in [6, 6.07) is 9.58. The molecule has 166 valence electrons. The van der Waals surface area contributed by atoms with Crippen LogP contribution < -0.4 is 5.32 Å². The predicted molar refractivity (Wildman–Crippen MR) is 116 cm³/mol. The number of aromatic nitrogens is 1. The maximum absolute atomic E-state index is 12.7. The van der Waals surface area contributed by atoms with Crippen molar-refractivity contribution in [3.63, 3.8) is 0 Å². The summed E-state index contributed by atoms with van der Waals surface area (Å²) in [7, 11) is -3.60. The van der Waals surface area contributed by atoms with E-state index in [2.05, 4.69) is 10.3 Å². The van der Waals surface area contributed by atoms with E-state index in [4.69, 9.17) is 27.9 Å². The average Bonchev–Trinajstić information content (AvgIpc) is 2.76. The topological polar surface area (TPSA) is 106 Å². The second kappa shape index (κ2) is 9.95. The molecule has 1 aromatic carbocycles. The number of rotatable bonds is 6. The van der Waals surface area contributed by atoms with Crippen molar-refractivity contribution >= 4 is 50.9 Å². The Morgan fingerprint density at radius 3 is 2.45 bits per heavy atom. The lowest BCUT2D eigenvalue weighted by molar-refractivity contribution is -0.158. The van der Waals surface area contributed by atoms with Crippen LogP contribution in [0.5, 0.6) is 0 Å². The van der Waals surface area contributed by atoms with E-state index in [1.165, 1.54) is 35.6 Å². The lowest BCUT2D eigenvalue weighted by Gasteiger charge is -2.30. The molecule has 8 nitrogen and oxygen atoms in total. The molecule has 31 heavy (non-hydrogen) atoms. The average molecular weight is 486 g/mol. The van der Waals surface area contributed by atoms with Crippen molar-refractivity contribution in [1.82, 2.24) is 9.29 Å². The van der Waals surface area contributed by atoms with E-state index in [0.29, 0.717) is 17.9 Å². The highest BCUT2D eigenvalue weighted by Crippen LogP contribution is 2.26. The number of nitrogens with zero attached hydrogens (tertiary/aromatic N) is 2. The van der Waals surface area contributed by atoms with Crippen LogP contribution in [-0.4, -0.2) is 48.8 Å². The second-order valence-electron chi connectivity index (χ2n) is 7.04. The number of hydrogen-bond donors (Lipinski definition) is 1. The molecular weight excluding hydrogens is 465 g/mol. The molecule has 0 unspecified atom stereocenters. The van der Waals surface area contributed by atoms with E-state index >= 15 is 0 Å². The van der Waals surface area contributed by atoms with Gasteiger partial charge in [0.15, 0.2) is 11.9 Å². The van der Waals surface area contributed by atoms with Gasteiger partial charge >= 0.3 is 5.97 Å². The Kier molecular flexibility index (Phi) is 7.53. The fraction of sp³-hybridized carbons (Fsp3) is 0.350. The summed E-state index contributed by atoms with van der Waals surface area (Å²) in [6.45, 7) is 1.83. The second-order valence-corrected chi connectivity index (χ2v) is 9.83. The fourth-order valence-electron chi connectivity index (χ4n) is 3.12. The number of carbonyl (C=O) groups excluding carboxylic acids is 2. The number of amides is 1. The Hall–Kier alpha value is -2.20. The number of pyridine rings is 1. The first-order valence-corrected chi connectivity index (χ1v) is 11.8. The van der Waals surface area contributed by atoms with Crippen molar-refractivity contribution in [2.45, 2.75) is 30.8 Å². The number of piperidine rings is 1. The number of ether oxygens (including phenoxy) is 1. The van der Waals surface area contributed by atoms with Crippen molar-refractivity contribution in [2.24, 2.45) is 5.92 Å². The number of sulfonamides is 1. The summed E-state index contributed by atoms with van der Waals surface area (Å²) in [6.07, 6.45) is 0.872. The Morgan fingerprint density at radius 1 is 1.19 bits per heavy atom. The molecule has 1 aliphatic rings. The standard InChI is InChI=1S/C20H21Cl2N3O5S/c1-13(19(26)24-18-17(22)11-15(21)12-23-18)30-20(27)14-7-9-25(10-8-14)31(28,29)16-5-3-2-4-6-16/h2-6,11-14H,7-10H2,1H3,(H,23,24,26)/t13-/m0/s1. The summed E-state index contributed by atoms with van der Waals surface area (Å²) in [5.41, 5.74) is 0. The molecule has 1 fully saturated rings. The molecule has 1 aromatic heterocycles. The van der Waals surface area contributed by atoms with Crippen LogP contribution in [0.3, 0.4) is 0 Å². The summed E-state index contributed by atoms with van der Waals surface area (Å²) in [5, 5.41) is 2.97. The molecule has 1 N–H and O–H groups in total. The maximum Gasteiger partial charge on any atom is 0.309 e. The number of carbonyl (C=O) groups is 2. The Labute approximate surface area is 190 Å². The Morgan fingerprint density at radius 2 is 1.84 bits per heavy atom. The molecule has 0 aliphatic carbocycles. The van der Waals surface area contributed by atoms with Gasteiger partial charge in [0, 0.05) is 19.3 Å². The van der Waals surface area contributed by atoms with Crippen molar-refractivity contribution in [3.8, 4) is 0 Å². The van der Waals surface area contributed by atoms with E-state index in [0.717, 1.165) is 0 Å². The lowest BCUT2D eigenvalue weighted by Crippen LogP contribution is -2.41. The third kappa shape index (κ3) is 5.74. The zero-order valence-corrected chi connectivity index (χ0v) is 19.0. The zero-order valence-electron chi connectivity index (χ0n) is 16.6. The van der Waals surface area contributed by atoms with Gasteiger partial charge in [-0.25, -0.2) is 13.4 Å². The number of anilines is 1. The van der Waals surface area contributed by atoms with Gasteiger partial charge < -0.3 is 10.1 Å². The number of halogens is 2. The minimum Gasteiger partial charge on any atom is -0.452 e. The maximum atomic E-state index is 12.7. The summed E-state index contributed by atoms with van der Waals surface area (Å²) in [5.74, 6) is -1.52. The molecule has 1 saturated heterocycles. The predicted octanol–water partition coefficient (Wildman–Crippen LogP) is 3.36. The van der Waals surface area contributed by atoms with E-state index < -0.39 is 33.9 Å². The minimum atomic E-state index is -3.60. The molecule has 1 aliphatic heterocycles. The molecule has 0 bridgehead atoms. The molecular formula is C20H21Cl2N3O5S. The first-order chi connectivity index (χ1) is 14.7. The van der Waals surface area contributed by atoms with Gasteiger partial charge in [-0.15, -0.1) is 0 Å². The van der Waals surface area contributed by atoms with Crippen molar-refractivity contribution in [2.75, 3.05) is 18.4 Å². The monoisotopic (exact) mass is 485 g/mol. The first-order valence-electron chi connectivity index (χ1n) is 9.56. The van der Waals surface area contributed by atoms with Crippen LogP contribution in [0.1, 0.15) is 19.8 Å². The van der Waals surface area contributed by atoms with Crippen LogP contribution in [0.2, 0.25) is 10.0 Å². The van der Waals surface area contributed by atoms with Gasteiger partial charge in [-0.1, -0.05) is 41.4 Å². The third-order valence-electron chi connectivity index (χ3n) is 4.88. The molecule has 0 radical (unpaired) electrons. The van der Waals surface area contributed by atoms with Gasteiger partial charge in [-0.3, -0.25) is 9.59 Å². The molecule has 3 rings (SSSR count). The fourth-order valence-corrected chi connectivity index (χ4v) is 5.04. The van der Waals surface area contributed by atoms with Crippen LogP contribution >= 0.6 is 23.2 Å². The summed E-state index contributed by atoms with van der Waals surface area (Å²) < 4.78 is 32.0. The third-order valence-corrected chi connectivity index (χ3v) is 7.29. The van der Waals surface area contributed by atoms with E-state index in [-0.39, 0.29) is 28.8 Å². The molecule has 11 heteroatoms. The van der Waals surface area contributed by atoms with E-state index in [1.54, 1.807) is 18.2 Å². The van der Waals surface area contributed by atoms with Gasteiger partial charge in [-0.05, 0) is 38.0 Å². The van der Waals surface area contributed by atoms with Gasteiger partial charge in [0.05, 0.1) is 20.9 Å². The Bertz CT molecular complexity index is 1060.